The average Bonchev–Trinajstić information content (AvgIpc) is 2.98. The van der Waals surface area contributed by atoms with Crippen molar-refractivity contribution in [3.05, 3.63) is 16.1 Å². The number of carbonyl (C=O) groups excluding carboxylic acids is 1. The van der Waals surface area contributed by atoms with Crippen LogP contribution in [0.4, 0.5) is 0 Å². The molecule has 1 saturated carbocycles. The summed E-state index contributed by atoms with van der Waals surface area (Å²) in [5.41, 5.74) is 0.306. The number of thiazole rings is 1. The molecule has 1 aliphatic rings. The van der Waals surface area contributed by atoms with Crippen LogP contribution < -0.4 is 5.32 Å². The molecule has 0 bridgehead atoms. The van der Waals surface area contributed by atoms with Crippen LogP contribution in [0.15, 0.2) is 5.38 Å². The first kappa shape index (κ1) is 11.1. The lowest BCUT2D eigenvalue weighted by molar-refractivity contribution is -0.124. The minimum absolute atomic E-state index is 0.122. The Morgan fingerprint density at radius 2 is 2.50 bits per heavy atom. The van der Waals surface area contributed by atoms with Crippen LogP contribution in [-0.2, 0) is 11.2 Å². The predicted molar refractivity (Wildman–Crippen MR) is 60.8 cm³/mol. The Balaban J connectivity index is 1.77. The molecule has 16 heavy (non-hydrogen) atoms. The third-order valence-electron chi connectivity index (χ3n) is 2.69. The highest BCUT2D eigenvalue weighted by atomic mass is 32.1. The second kappa shape index (κ2) is 4.22. The third-order valence-corrected chi connectivity index (χ3v) is 3.72. The van der Waals surface area contributed by atoms with Crippen molar-refractivity contribution in [3.8, 4) is 6.07 Å². The zero-order valence-corrected chi connectivity index (χ0v) is 9.93. The number of aryl methyl sites for hydroxylation is 1. The number of carbonyl (C=O) groups is 1. The lowest BCUT2D eigenvalue weighted by Gasteiger charge is -2.06. The van der Waals surface area contributed by atoms with Gasteiger partial charge in [-0.2, -0.15) is 5.26 Å². The molecule has 1 fully saturated rings. The summed E-state index contributed by atoms with van der Waals surface area (Å²) in [5, 5.41) is 14.6. The van der Waals surface area contributed by atoms with Gasteiger partial charge in [0.1, 0.15) is 5.41 Å². The van der Waals surface area contributed by atoms with E-state index in [1.54, 1.807) is 11.3 Å². The van der Waals surface area contributed by atoms with Crippen molar-refractivity contribution in [3.63, 3.8) is 0 Å². The molecule has 1 aromatic rings. The molecule has 2 rings (SSSR count). The zero-order chi connectivity index (χ0) is 11.6. The van der Waals surface area contributed by atoms with Crippen LogP contribution in [-0.4, -0.2) is 17.4 Å². The molecule has 1 aliphatic carbocycles. The van der Waals surface area contributed by atoms with Gasteiger partial charge in [-0.3, -0.25) is 4.79 Å². The SMILES string of the molecule is Cc1csc(CCNC(=O)C2(C#N)CC2)n1. The second-order valence-electron chi connectivity index (χ2n) is 4.08. The van der Waals surface area contributed by atoms with Crippen molar-refractivity contribution < 1.29 is 4.79 Å². The highest BCUT2D eigenvalue weighted by Gasteiger charge is 2.50. The summed E-state index contributed by atoms with van der Waals surface area (Å²) in [6.07, 6.45) is 2.14. The Hall–Kier alpha value is -1.41. The van der Waals surface area contributed by atoms with Crippen molar-refractivity contribution in [1.82, 2.24) is 10.3 Å². The molecule has 1 N–H and O–H groups in total. The highest BCUT2D eigenvalue weighted by molar-refractivity contribution is 7.09. The molecule has 1 amide bonds. The summed E-state index contributed by atoms with van der Waals surface area (Å²) >= 11 is 1.60. The molecule has 1 heterocycles. The summed E-state index contributed by atoms with van der Waals surface area (Å²) in [6.45, 7) is 2.52. The molecule has 0 aromatic carbocycles. The average molecular weight is 235 g/mol. The van der Waals surface area contributed by atoms with Crippen LogP contribution in [0.2, 0.25) is 0 Å². The van der Waals surface area contributed by atoms with Crippen molar-refractivity contribution in [2.45, 2.75) is 26.2 Å². The fraction of sp³-hybridized carbons (Fsp3) is 0.545. The summed E-state index contributed by atoms with van der Waals surface area (Å²) in [6, 6.07) is 2.08. The van der Waals surface area contributed by atoms with Crippen LogP contribution >= 0.6 is 11.3 Å². The van der Waals surface area contributed by atoms with Gasteiger partial charge < -0.3 is 5.32 Å². The first-order chi connectivity index (χ1) is 7.66. The van der Waals surface area contributed by atoms with E-state index in [0.29, 0.717) is 19.4 Å². The number of nitriles is 1. The van der Waals surface area contributed by atoms with E-state index in [2.05, 4.69) is 16.4 Å². The first-order valence-corrected chi connectivity index (χ1v) is 6.15. The van der Waals surface area contributed by atoms with Gasteiger partial charge in [-0.1, -0.05) is 0 Å². The van der Waals surface area contributed by atoms with E-state index in [4.69, 9.17) is 5.26 Å². The minimum Gasteiger partial charge on any atom is -0.354 e. The maximum absolute atomic E-state index is 11.6. The highest BCUT2D eigenvalue weighted by Crippen LogP contribution is 2.44. The largest absolute Gasteiger partial charge is 0.354 e. The molecule has 84 valence electrons. The first-order valence-electron chi connectivity index (χ1n) is 5.27. The van der Waals surface area contributed by atoms with Gasteiger partial charge in [-0.15, -0.1) is 11.3 Å². The fourth-order valence-electron chi connectivity index (χ4n) is 1.48. The molecule has 0 unspecified atom stereocenters. The van der Waals surface area contributed by atoms with Gasteiger partial charge in [-0.05, 0) is 19.8 Å². The van der Waals surface area contributed by atoms with Gasteiger partial charge in [-0.25, -0.2) is 4.98 Å². The Morgan fingerprint density at radius 1 is 1.75 bits per heavy atom. The Labute approximate surface area is 98.3 Å². The van der Waals surface area contributed by atoms with E-state index in [1.807, 2.05) is 12.3 Å². The number of hydrogen-bond acceptors (Lipinski definition) is 4. The van der Waals surface area contributed by atoms with Crippen LogP contribution in [0, 0.1) is 23.7 Å². The fourth-order valence-corrected chi connectivity index (χ4v) is 2.26. The minimum atomic E-state index is -0.710. The molecular formula is C11H13N3OS. The van der Waals surface area contributed by atoms with Gasteiger partial charge in [0.15, 0.2) is 0 Å². The quantitative estimate of drug-likeness (QED) is 0.858. The lowest BCUT2D eigenvalue weighted by atomic mass is 10.1. The van der Waals surface area contributed by atoms with Crippen molar-refractivity contribution >= 4 is 17.2 Å². The van der Waals surface area contributed by atoms with Crippen molar-refractivity contribution in [2.24, 2.45) is 5.41 Å². The molecule has 0 aliphatic heterocycles. The number of nitrogens with one attached hydrogen (secondary N) is 1. The molecule has 5 heteroatoms. The van der Waals surface area contributed by atoms with Gasteiger partial charge in [0.05, 0.1) is 11.1 Å². The van der Waals surface area contributed by atoms with E-state index < -0.39 is 5.41 Å². The summed E-state index contributed by atoms with van der Waals surface area (Å²) in [7, 11) is 0. The van der Waals surface area contributed by atoms with Crippen LogP contribution in [0.25, 0.3) is 0 Å². The summed E-state index contributed by atoms with van der Waals surface area (Å²) in [4.78, 5) is 15.9. The molecule has 0 spiro atoms. The molecule has 0 atom stereocenters. The van der Waals surface area contributed by atoms with Crippen LogP contribution in [0.3, 0.4) is 0 Å². The number of rotatable bonds is 4. The number of nitrogens with zero attached hydrogens (tertiary/aromatic N) is 2. The number of amides is 1. The zero-order valence-electron chi connectivity index (χ0n) is 9.12. The molecular weight excluding hydrogens is 222 g/mol. The molecule has 0 saturated heterocycles. The number of aromatic nitrogens is 1. The maximum atomic E-state index is 11.6. The second-order valence-corrected chi connectivity index (χ2v) is 5.03. The Morgan fingerprint density at radius 3 is 3.00 bits per heavy atom. The van der Waals surface area contributed by atoms with E-state index in [1.165, 1.54) is 0 Å². The van der Waals surface area contributed by atoms with Crippen molar-refractivity contribution in [1.29, 1.82) is 5.26 Å². The molecule has 0 radical (unpaired) electrons. The van der Waals surface area contributed by atoms with Gasteiger partial charge >= 0.3 is 0 Å². The summed E-state index contributed by atoms with van der Waals surface area (Å²) in [5.74, 6) is -0.122. The van der Waals surface area contributed by atoms with E-state index in [0.717, 1.165) is 17.1 Å². The van der Waals surface area contributed by atoms with Crippen molar-refractivity contribution in [2.75, 3.05) is 6.54 Å². The molecule has 1 aromatic heterocycles. The summed E-state index contributed by atoms with van der Waals surface area (Å²) < 4.78 is 0. The lowest BCUT2D eigenvalue weighted by Crippen LogP contribution is -2.32. The monoisotopic (exact) mass is 235 g/mol. The molecule has 4 nitrogen and oxygen atoms in total. The topological polar surface area (TPSA) is 65.8 Å². The number of hydrogen-bond donors (Lipinski definition) is 1. The van der Waals surface area contributed by atoms with Crippen LogP contribution in [0.5, 0.6) is 0 Å². The third kappa shape index (κ3) is 2.22. The van der Waals surface area contributed by atoms with E-state index in [9.17, 15) is 4.79 Å². The Kier molecular flexibility index (Phi) is 2.92. The standard InChI is InChI=1S/C11H13N3OS/c1-8-6-16-9(14-8)2-5-13-10(15)11(7-12)3-4-11/h6H,2-5H2,1H3,(H,13,15). The maximum Gasteiger partial charge on any atom is 0.240 e. The normalized spacial score (nSPS) is 16.5. The van der Waals surface area contributed by atoms with E-state index in [-0.39, 0.29) is 5.91 Å². The predicted octanol–water partition coefficient (Wildman–Crippen LogP) is 1.41. The van der Waals surface area contributed by atoms with Gasteiger partial charge in [0, 0.05) is 24.0 Å². The Bertz CT molecular complexity index is 442. The smallest absolute Gasteiger partial charge is 0.240 e. The van der Waals surface area contributed by atoms with Gasteiger partial charge in [0.25, 0.3) is 0 Å². The van der Waals surface area contributed by atoms with Gasteiger partial charge in [0.2, 0.25) is 5.91 Å². The van der Waals surface area contributed by atoms with Crippen LogP contribution in [0.1, 0.15) is 23.5 Å². The van der Waals surface area contributed by atoms with E-state index >= 15 is 0 Å².